The second-order valence-electron chi connectivity index (χ2n) is 5.20. The molecule has 114 valence electrons. The Hall–Kier alpha value is -1.43. The first kappa shape index (κ1) is 15.9. The van der Waals surface area contributed by atoms with E-state index < -0.39 is 29.6 Å². The van der Waals surface area contributed by atoms with E-state index in [9.17, 15) is 19.1 Å². The lowest BCUT2D eigenvalue weighted by molar-refractivity contribution is -0.158. The third-order valence-corrected chi connectivity index (χ3v) is 4.70. The minimum absolute atomic E-state index is 0.338. The molecule has 0 radical (unpaired) electrons. The van der Waals surface area contributed by atoms with E-state index in [1.807, 2.05) is 0 Å². The molecule has 3 atom stereocenters. The van der Waals surface area contributed by atoms with Crippen LogP contribution in [0.15, 0.2) is 22.7 Å². The number of methoxy groups -OCH3 is 1. The van der Waals surface area contributed by atoms with Crippen LogP contribution in [-0.4, -0.2) is 24.2 Å². The van der Waals surface area contributed by atoms with Crippen LogP contribution in [0.4, 0.5) is 4.39 Å². The van der Waals surface area contributed by atoms with Gasteiger partial charge in [-0.15, -0.1) is 0 Å². The summed E-state index contributed by atoms with van der Waals surface area (Å²) >= 11 is 3.09. The highest BCUT2D eigenvalue weighted by atomic mass is 79.9. The zero-order valence-electron chi connectivity index (χ0n) is 11.5. The number of hydrogen-bond donors (Lipinski definition) is 1. The molecule has 0 saturated heterocycles. The van der Waals surface area contributed by atoms with Gasteiger partial charge in [-0.3, -0.25) is 9.59 Å². The van der Waals surface area contributed by atoms with E-state index in [4.69, 9.17) is 4.74 Å². The van der Waals surface area contributed by atoms with Crippen LogP contribution in [0.5, 0.6) is 0 Å². The van der Waals surface area contributed by atoms with Crippen LogP contribution >= 0.6 is 15.9 Å². The van der Waals surface area contributed by atoms with Crippen molar-refractivity contribution in [1.29, 1.82) is 0 Å². The fraction of sp³-hybridized carbons (Fsp3) is 0.467. The van der Waals surface area contributed by atoms with E-state index in [0.717, 1.165) is 0 Å². The van der Waals surface area contributed by atoms with Crippen LogP contribution in [0.3, 0.4) is 0 Å². The average molecular weight is 359 g/mol. The largest absolute Gasteiger partial charge is 0.481 e. The Bertz CT molecular complexity index is 561. The maximum Gasteiger partial charge on any atom is 0.310 e. The number of hydrogen-bond acceptors (Lipinski definition) is 3. The fourth-order valence-electron chi connectivity index (χ4n) is 3.06. The first-order valence-electron chi connectivity index (χ1n) is 6.71. The fourth-order valence-corrected chi connectivity index (χ4v) is 3.30. The first-order valence-corrected chi connectivity index (χ1v) is 7.50. The summed E-state index contributed by atoms with van der Waals surface area (Å²) in [6.45, 7) is 0. The van der Waals surface area contributed by atoms with Crippen LogP contribution < -0.4 is 0 Å². The zero-order chi connectivity index (χ0) is 15.6. The third kappa shape index (κ3) is 3.26. The highest BCUT2D eigenvalue weighted by Crippen LogP contribution is 2.42. The van der Waals surface area contributed by atoms with Crippen LogP contribution in [0.1, 0.15) is 30.7 Å². The van der Waals surface area contributed by atoms with Gasteiger partial charge < -0.3 is 9.84 Å². The van der Waals surface area contributed by atoms with Crippen molar-refractivity contribution in [1.82, 2.24) is 0 Å². The van der Waals surface area contributed by atoms with Crippen molar-refractivity contribution >= 4 is 27.9 Å². The number of esters is 1. The van der Waals surface area contributed by atoms with Crippen molar-refractivity contribution in [2.24, 2.45) is 11.8 Å². The Morgan fingerprint density at radius 2 is 2.10 bits per heavy atom. The van der Waals surface area contributed by atoms with Crippen molar-refractivity contribution in [2.45, 2.75) is 25.2 Å². The monoisotopic (exact) mass is 358 g/mol. The molecule has 1 aromatic rings. The van der Waals surface area contributed by atoms with Gasteiger partial charge in [-0.2, -0.15) is 0 Å². The summed E-state index contributed by atoms with van der Waals surface area (Å²) in [5.74, 6) is -3.88. The van der Waals surface area contributed by atoms with Crippen molar-refractivity contribution in [3.05, 3.63) is 34.1 Å². The maximum absolute atomic E-state index is 13.7. The predicted molar refractivity (Wildman–Crippen MR) is 77.3 cm³/mol. The van der Waals surface area contributed by atoms with Crippen LogP contribution in [0.25, 0.3) is 0 Å². The number of carbonyl (C=O) groups is 2. The van der Waals surface area contributed by atoms with Crippen molar-refractivity contribution in [2.75, 3.05) is 7.11 Å². The molecule has 0 bridgehead atoms. The van der Waals surface area contributed by atoms with E-state index in [1.54, 1.807) is 12.1 Å². The van der Waals surface area contributed by atoms with Gasteiger partial charge in [-0.05, 0) is 52.4 Å². The number of ether oxygens (including phenoxy) is 1. The van der Waals surface area contributed by atoms with Gasteiger partial charge in [0.25, 0.3) is 0 Å². The van der Waals surface area contributed by atoms with Gasteiger partial charge in [-0.25, -0.2) is 4.39 Å². The predicted octanol–water partition coefficient (Wildman–Crippen LogP) is 3.35. The summed E-state index contributed by atoms with van der Waals surface area (Å²) in [7, 11) is 1.25. The third-order valence-electron chi connectivity index (χ3n) is 4.06. The normalized spacial score (nSPS) is 25.4. The number of rotatable bonds is 3. The molecule has 0 spiro atoms. The Kier molecular flexibility index (Phi) is 4.98. The number of carboxylic acids is 1. The Labute approximate surface area is 130 Å². The molecule has 1 aliphatic rings. The van der Waals surface area contributed by atoms with Crippen molar-refractivity contribution in [3.63, 3.8) is 0 Å². The molecule has 1 fully saturated rings. The second kappa shape index (κ2) is 6.56. The number of aliphatic carboxylic acids is 1. The van der Waals surface area contributed by atoms with Crippen LogP contribution in [0.2, 0.25) is 0 Å². The summed E-state index contributed by atoms with van der Waals surface area (Å²) < 4.78 is 18.8. The summed E-state index contributed by atoms with van der Waals surface area (Å²) in [6, 6.07) is 4.65. The quantitative estimate of drug-likeness (QED) is 0.841. The molecule has 21 heavy (non-hydrogen) atoms. The Morgan fingerprint density at radius 3 is 2.67 bits per heavy atom. The second-order valence-corrected chi connectivity index (χ2v) is 6.06. The SMILES string of the molecule is COC(=O)[C@@H]1[C@@H](c2ccc(Br)c(F)c2)CCC[C@H]1C(=O)O. The summed E-state index contributed by atoms with van der Waals surface area (Å²) in [5, 5.41) is 9.33. The molecule has 4 nitrogen and oxygen atoms in total. The minimum atomic E-state index is -1.01. The van der Waals surface area contributed by atoms with E-state index in [0.29, 0.717) is 29.3 Å². The van der Waals surface area contributed by atoms with Gasteiger partial charge in [0.1, 0.15) is 5.82 Å². The average Bonchev–Trinajstić information content (AvgIpc) is 2.48. The van der Waals surface area contributed by atoms with E-state index >= 15 is 0 Å². The van der Waals surface area contributed by atoms with Gasteiger partial charge >= 0.3 is 11.9 Å². The zero-order valence-corrected chi connectivity index (χ0v) is 13.1. The van der Waals surface area contributed by atoms with E-state index in [2.05, 4.69) is 15.9 Å². The van der Waals surface area contributed by atoms with Gasteiger partial charge in [-0.1, -0.05) is 12.5 Å². The van der Waals surface area contributed by atoms with Crippen molar-refractivity contribution in [3.8, 4) is 0 Å². The summed E-state index contributed by atoms with van der Waals surface area (Å²) in [5.41, 5.74) is 0.636. The lowest BCUT2D eigenvalue weighted by Gasteiger charge is -2.34. The smallest absolute Gasteiger partial charge is 0.310 e. The molecule has 2 rings (SSSR count). The lowest BCUT2D eigenvalue weighted by Crippen LogP contribution is -2.38. The summed E-state index contributed by atoms with van der Waals surface area (Å²) in [6.07, 6.45) is 1.77. The number of carbonyl (C=O) groups excluding carboxylic acids is 1. The van der Waals surface area contributed by atoms with Crippen LogP contribution in [0, 0.1) is 17.7 Å². The number of carboxylic acid groups (broad SMARTS) is 1. The van der Waals surface area contributed by atoms with E-state index in [-0.39, 0.29) is 5.92 Å². The molecule has 1 N–H and O–H groups in total. The van der Waals surface area contributed by atoms with Gasteiger partial charge in [0.05, 0.1) is 23.4 Å². The molecule has 0 aliphatic heterocycles. The lowest BCUT2D eigenvalue weighted by atomic mass is 9.69. The topological polar surface area (TPSA) is 63.6 Å². The molecule has 1 aromatic carbocycles. The molecular weight excluding hydrogens is 343 g/mol. The number of benzene rings is 1. The molecule has 0 unspecified atom stereocenters. The van der Waals surface area contributed by atoms with Crippen LogP contribution in [-0.2, 0) is 14.3 Å². The minimum Gasteiger partial charge on any atom is -0.481 e. The Balaban J connectivity index is 2.40. The van der Waals surface area contributed by atoms with Gasteiger partial charge in [0.2, 0.25) is 0 Å². The molecule has 0 heterocycles. The van der Waals surface area contributed by atoms with Gasteiger partial charge in [0.15, 0.2) is 0 Å². The molecular formula is C15H16BrFO4. The van der Waals surface area contributed by atoms with Crippen molar-refractivity contribution < 1.29 is 23.8 Å². The Morgan fingerprint density at radius 1 is 1.38 bits per heavy atom. The first-order chi connectivity index (χ1) is 9.95. The molecule has 0 aromatic heterocycles. The highest BCUT2D eigenvalue weighted by molar-refractivity contribution is 9.10. The van der Waals surface area contributed by atoms with Gasteiger partial charge in [0, 0.05) is 0 Å². The summed E-state index contributed by atoms with van der Waals surface area (Å²) in [4.78, 5) is 23.4. The molecule has 1 aliphatic carbocycles. The molecule has 6 heteroatoms. The molecule has 0 amide bonds. The highest BCUT2D eigenvalue weighted by Gasteiger charge is 2.43. The number of halogens is 2. The maximum atomic E-state index is 13.7. The van der Waals surface area contributed by atoms with E-state index in [1.165, 1.54) is 13.2 Å². The molecule has 1 saturated carbocycles. The standard InChI is InChI=1S/C15H16BrFO4/c1-21-15(20)13-9(3-2-4-10(13)14(18)19)8-5-6-11(16)12(17)7-8/h5-7,9-10,13H,2-4H2,1H3,(H,18,19)/t9-,10-,13-/m1/s1.